The zero-order chi connectivity index (χ0) is 22.2. The zero-order valence-corrected chi connectivity index (χ0v) is 19.1. The van der Waals surface area contributed by atoms with Gasteiger partial charge in [-0.1, -0.05) is 17.4 Å². The van der Waals surface area contributed by atoms with Gasteiger partial charge in [-0.25, -0.2) is 4.79 Å². The molecule has 0 radical (unpaired) electrons. The van der Waals surface area contributed by atoms with E-state index >= 15 is 0 Å². The molecule has 0 aliphatic heterocycles. The minimum Gasteiger partial charge on any atom is -0.497 e. The van der Waals surface area contributed by atoms with E-state index in [-0.39, 0.29) is 11.9 Å². The van der Waals surface area contributed by atoms with Gasteiger partial charge in [-0.05, 0) is 49.4 Å². The molecule has 0 aliphatic rings. The summed E-state index contributed by atoms with van der Waals surface area (Å²) >= 11 is 2.98. The van der Waals surface area contributed by atoms with Gasteiger partial charge in [-0.2, -0.15) is 4.99 Å². The molecular formula is C23H24N2O4S2. The Morgan fingerprint density at radius 1 is 1.23 bits per heavy atom. The molecule has 1 heterocycles. The smallest absolute Gasteiger partial charge is 0.338 e. The van der Waals surface area contributed by atoms with Crippen LogP contribution in [0.4, 0.5) is 0 Å². The highest BCUT2D eigenvalue weighted by Crippen LogP contribution is 2.22. The number of methoxy groups -OCH3 is 1. The molecule has 8 heteroatoms. The average Bonchev–Trinajstić information content (AvgIpc) is 3.10. The van der Waals surface area contributed by atoms with Crippen LogP contribution < -0.4 is 9.54 Å². The van der Waals surface area contributed by atoms with Gasteiger partial charge in [0.05, 0.1) is 29.5 Å². The first-order chi connectivity index (χ1) is 15.0. The third-order valence-corrected chi connectivity index (χ3v) is 6.42. The maximum absolute atomic E-state index is 12.5. The van der Waals surface area contributed by atoms with E-state index in [4.69, 9.17) is 9.47 Å². The second-order valence-electron chi connectivity index (χ2n) is 6.47. The molecule has 1 amide bonds. The number of hydrogen-bond acceptors (Lipinski definition) is 6. The number of nitrogens with zero attached hydrogens (tertiary/aromatic N) is 2. The molecule has 0 fully saturated rings. The van der Waals surface area contributed by atoms with E-state index in [0.717, 1.165) is 20.9 Å². The number of amides is 1. The van der Waals surface area contributed by atoms with E-state index < -0.39 is 0 Å². The minimum absolute atomic E-state index is 0.184. The maximum Gasteiger partial charge on any atom is 0.338 e. The fourth-order valence-corrected chi connectivity index (χ4v) is 4.83. The average molecular weight is 457 g/mol. The largest absolute Gasteiger partial charge is 0.497 e. The van der Waals surface area contributed by atoms with E-state index in [2.05, 4.69) is 11.6 Å². The van der Waals surface area contributed by atoms with E-state index in [1.165, 1.54) is 11.3 Å². The second-order valence-corrected chi connectivity index (χ2v) is 8.64. The van der Waals surface area contributed by atoms with Crippen LogP contribution in [-0.4, -0.2) is 35.9 Å². The summed E-state index contributed by atoms with van der Waals surface area (Å²) in [6.07, 6.45) is 2.08. The van der Waals surface area contributed by atoms with Crippen molar-refractivity contribution in [2.45, 2.75) is 24.8 Å². The first-order valence-corrected chi connectivity index (χ1v) is 11.6. The van der Waals surface area contributed by atoms with Gasteiger partial charge in [0.1, 0.15) is 5.75 Å². The highest BCUT2D eigenvalue weighted by molar-refractivity contribution is 7.99. The number of thioether (sulfide) groups is 1. The van der Waals surface area contributed by atoms with Crippen LogP contribution in [0.15, 0.2) is 65.0 Å². The Labute approximate surface area is 189 Å². The minimum atomic E-state index is -0.363. The van der Waals surface area contributed by atoms with Crippen LogP contribution in [-0.2, 0) is 16.1 Å². The van der Waals surface area contributed by atoms with Gasteiger partial charge < -0.3 is 14.0 Å². The van der Waals surface area contributed by atoms with Crippen LogP contribution in [0.3, 0.4) is 0 Å². The van der Waals surface area contributed by atoms with Crippen molar-refractivity contribution in [3.05, 3.63) is 65.5 Å². The number of ether oxygens (including phenoxy) is 2. The predicted molar refractivity (Wildman–Crippen MR) is 125 cm³/mol. The molecule has 162 valence electrons. The van der Waals surface area contributed by atoms with E-state index in [0.29, 0.717) is 35.7 Å². The van der Waals surface area contributed by atoms with Crippen LogP contribution in [0.25, 0.3) is 10.2 Å². The van der Waals surface area contributed by atoms with Crippen LogP contribution in [0.1, 0.15) is 23.7 Å². The second kappa shape index (κ2) is 11.0. The molecule has 31 heavy (non-hydrogen) atoms. The Morgan fingerprint density at radius 2 is 2.00 bits per heavy atom. The molecule has 0 saturated heterocycles. The monoisotopic (exact) mass is 456 g/mol. The normalized spacial score (nSPS) is 11.5. The zero-order valence-electron chi connectivity index (χ0n) is 17.5. The molecule has 0 bridgehead atoms. The van der Waals surface area contributed by atoms with Crippen molar-refractivity contribution in [3.8, 4) is 5.75 Å². The Bertz CT molecular complexity index is 1150. The summed E-state index contributed by atoms with van der Waals surface area (Å²) < 4.78 is 13.0. The molecule has 1 aromatic heterocycles. The van der Waals surface area contributed by atoms with Gasteiger partial charge in [-0.3, -0.25) is 4.79 Å². The first-order valence-electron chi connectivity index (χ1n) is 9.81. The maximum atomic E-state index is 12.5. The number of esters is 1. The Morgan fingerprint density at radius 3 is 2.68 bits per heavy atom. The molecule has 3 aromatic rings. The highest BCUT2D eigenvalue weighted by Gasteiger charge is 2.12. The van der Waals surface area contributed by atoms with Gasteiger partial charge in [0.25, 0.3) is 0 Å². The van der Waals surface area contributed by atoms with Gasteiger partial charge in [0, 0.05) is 23.6 Å². The van der Waals surface area contributed by atoms with Crippen molar-refractivity contribution in [2.24, 2.45) is 4.99 Å². The van der Waals surface area contributed by atoms with Crippen molar-refractivity contribution in [3.63, 3.8) is 0 Å². The topological polar surface area (TPSA) is 69.9 Å². The molecule has 0 unspecified atom stereocenters. The lowest BCUT2D eigenvalue weighted by Gasteiger charge is -2.03. The molecular weight excluding hydrogens is 432 g/mol. The summed E-state index contributed by atoms with van der Waals surface area (Å²) in [6.45, 7) is 6.41. The van der Waals surface area contributed by atoms with E-state index in [1.54, 1.807) is 44.0 Å². The molecule has 0 atom stereocenters. The Hall–Kier alpha value is -2.84. The molecule has 0 spiro atoms. The van der Waals surface area contributed by atoms with Crippen molar-refractivity contribution >= 4 is 45.2 Å². The third-order valence-electron chi connectivity index (χ3n) is 4.37. The molecule has 2 aromatic carbocycles. The van der Waals surface area contributed by atoms with Gasteiger partial charge in [-0.15, -0.1) is 18.3 Å². The summed E-state index contributed by atoms with van der Waals surface area (Å²) in [5, 5.41) is 0. The van der Waals surface area contributed by atoms with E-state index in [9.17, 15) is 9.59 Å². The summed E-state index contributed by atoms with van der Waals surface area (Å²) in [5.41, 5.74) is 1.38. The van der Waals surface area contributed by atoms with Crippen molar-refractivity contribution < 1.29 is 19.1 Å². The van der Waals surface area contributed by atoms with Crippen LogP contribution in [0, 0.1) is 0 Å². The summed E-state index contributed by atoms with van der Waals surface area (Å²) in [5.74, 6) is 0.890. The van der Waals surface area contributed by atoms with Gasteiger partial charge in [0.15, 0.2) is 4.80 Å². The number of benzene rings is 2. The Kier molecular flexibility index (Phi) is 8.08. The molecule has 3 rings (SSSR count). The molecule has 0 saturated carbocycles. The fraction of sp³-hybridized carbons (Fsp3) is 0.261. The highest BCUT2D eigenvalue weighted by atomic mass is 32.2. The quantitative estimate of drug-likeness (QED) is 0.266. The van der Waals surface area contributed by atoms with Gasteiger partial charge in [0.2, 0.25) is 5.91 Å². The Balaban J connectivity index is 1.76. The predicted octanol–water partition coefficient (Wildman–Crippen LogP) is 4.68. The number of allylic oxidation sites excluding steroid dienone is 1. The van der Waals surface area contributed by atoms with Crippen LogP contribution in [0.5, 0.6) is 5.75 Å². The SMILES string of the molecule is C=CCn1c(=NC(=O)CCSc2ccc(OC)cc2)sc2cc(C(=O)OCC)ccc21. The lowest BCUT2D eigenvalue weighted by Crippen LogP contribution is -2.16. The number of carbonyl (C=O) groups is 2. The number of aromatic nitrogens is 1. The summed E-state index contributed by atoms with van der Waals surface area (Å²) in [6, 6.07) is 13.1. The molecule has 6 nitrogen and oxygen atoms in total. The number of hydrogen-bond donors (Lipinski definition) is 0. The molecule has 0 aliphatic carbocycles. The number of carbonyl (C=O) groups excluding carboxylic acids is 2. The molecule has 0 N–H and O–H groups in total. The van der Waals surface area contributed by atoms with Crippen molar-refractivity contribution in [1.82, 2.24) is 4.57 Å². The third kappa shape index (κ3) is 5.86. The van der Waals surface area contributed by atoms with E-state index in [1.807, 2.05) is 34.9 Å². The summed E-state index contributed by atoms with van der Waals surface area (Å²) in [4.78, 5) is 30.5. The van der Waals surface area contributed by atoms with Gasteiger partial charge >= 0.3 is 5.97 Å². The van der Waals surface area contributed by atoms with Crippen LogP contribution >= 0.6 is 23.1 Å². The summed E-state index contributed by atoms with van der Waals surface area (Å²) in [7, 11) is 1.63. The van der Waals surface area contributed by atoms with Crippen LogP contribution in [0.2, 0.25) is 0 Å². The first kappa shape index (κ1) is 22.8. The number of thiazole rings is 1. The standard InChI is InChI=1S/C23H24N2O4S2/c1-4-13-25-19-11-6-16(22(27)29-5-2)15-20(19)31-23(25)24-21(26)12-14-30-18-9-7-17(28-3)8-10-18/h4,6-11,15H,1,5,12-14H2,2-3H3. The lowest BCUT2D eigenvalue weighted by atomic mass is 10.2. The van der Waals surface area contributed by atoms with Crippen molar-refractivity contribution in [2.75, 3.05) is 19.5 Å². The van der Waals surface area contributed by atoms with Crippen molar-refractivity contribution in [1.29, 1.82) is 0 Å². The lowest BCUT2D eigenvalue weighted by molar-refractivity contribution is -0.117. The fourth-order valence-electron chi connectivity index (χ4n) is 2.90. The number of rotatable bonds is 9. The number of fused-ring (bicyclic) bond motifs is 1.